The molecule has 7 heteroatoms. The highest BCUT2D eigenvalue weighted by Gasteiger charge is 2.26. The monoisotopic (exact) mass is 393 g/mol. The average molecular weight is 394 g/mol. The predicted octanol–water partition coefficient (Wildman–Crippen LogP) is 2.46. The van der Waals surface area contributed by atoms with E-state index in [2.05, 4.69) is 32.4 Å². The molecule has 152 valence electrons. The Kier molecular flexibility index (Phi) is 7.91. The van der Waals surface area contributed by atoms with E-state index >= 15 is 0 Å². The molecule has 27 heavy (non-hydrogen) atoms. The van der Waals surface area contributed by atoms with Crippen LogP contribution in [0.3, 0.4) is 0 Å². The van der Waals surface area contributed by atoms with E-state index < -0.39 is 0 Å². The summed E-state index contributed by atoms with van der Waals surface area (Å²) in [5.74, 6) is 2.43. The van der Waals surface area contributed by atoms with Gasteiger partial charge in [-0.15, -0.1) is 11.3 Å². The first-order valence-electron chi connectivity index (χ1n) is 10.3. The van der Waals surface area contributed by atoms with Gasteiger partial charge in [0, 0.05) is 51.6 Å². The molecular weight excluding hydrogens is 358 g/mol. The fourth-order valence-electron chi connectivity index (χ4n) is 4.13. The summed E-state index contributed by atoms with van der Waals surface area (Å²) in [7, 11) is 3.69. The zero-order chi connectivity index (χ0) is 19.1. The zero-order valence-corrected chi connectivity index (χ0v) is 17.9. The van der Waals surface area contributed by atoms with Gasteiger partial charge in [-0.05, 0) is 44.7 Å². The van der Waals surface area contributed by atoms with Crippen LogP contribution >= 0.6 is 11.3 Å². The molecule has 3 rings (SSSR count). The zero-order valence-electron chi connectivity index (χ0n) is 17.1. The van der Waals surface area contributed by atoms with Crippen molar-refractivity contribution in [3.05, 3.63) is 16.1 Å². The maximum Gasteiger partial charge on any atom is 0.193 e. The molecule has 0 saturated carbocycles. The third-order valence-corrected chi connectivity index (χ3v) is 6.78. The number of likely N-dealkylation sites (tertiary alicyclic amines) is 2. The molecule has 1 N–H and O–H groups in total. The van der Waals surface area contributed by atoms with Crippen molar-refractivity contribution >= 4 is 17.3 Å². The summed E-state index contributed by atoms with van der Waals surface area (Å²) in [5, 5.41) is 7.11. The summed E-state index contributed by atoms with van der Waals surface area (Å²) >= 11 is 1.79. The van der Waals surface area contributed by atoms with Crippen molar-refractivity contribution in [1.29, 1.82) is 0 Å². The second-order valence-corrected chi connectivity index (χ2v) is 8.73. The lowest BCUT2D eigenvalue weighted by atomic mass is 9.97. The third kappa shape index (κ3) is 5.90. The number of piperidine rings is 1. The number of aliphatic imine (C=N–C) groups is 1. The van der Waals surface area contributed by atoms with E-state index in [1.54, 1.807) is 18.4 Å². The Hall–Kier alpha value is -1.18. The van der Waals surface area contributed by atoms with Gasteiger partial charge < -0.3 is 15.0 Å². The van der Waals surface area contributed by atoms with Gasteiger partial charge in [-0.25, -0.2) is 4.98 Å². The molecule has 0 bridgehead atoms. The van der Waals surface area contributed by atoms with E-state index in [1.807, 2.05) is 7.05 Å². The molecule has 6 nitrogen and oxygen atoms in total. The average Bonchev–Trinajstić information content (AvgIpc) is 3.33. The van der Waals surface area contributed by atoms with Crippen LogP contribution in [0.1, 0.15) is 36.9 Å². The van der Waals surface area contributed by atoms with Crippen LogP contribution in [0, 0.1) is 11.8 Å². The fourth-order valence-corrected chi connectivity index (χ4v) is 4.86. The lowest BCUT2D eigenvalue weighted by Crippen LogP contribution is -2.44. The number of nitrogens with one attached hydrogen (secondary N) is 1. The molecule has 0 radical (unpaired) electrons. The van der Waals surface area contributed by atoms with Crippen molar-refractivity contribution in [1.82, 2.24) is 20.1 Å². The van der Waals surface area contributed by atoms with Gasteiger partial charge in [-0.2, -0.15) is 0 Å². The number of methoxy groups -OCH3 is 1. The Morgan fingerprint density at radius 1 is 1.30 bits per heavy atom. The van der Waals surface area contributed by atoms with Gasteiger partial charge in [0.15, 0.2) is 5.96 Å². The molecular formula is C20H35N5OS. The van der Waals surface area contributed by atoms with Crippen molar-refractivity contribution in [2.75, 3.05) is 53.5 Å². The first-order valence-corrected chi connectivity index (χ1v) is 11.2. The Balaban J connectivity index is 1.37. The minimum Gasteiger partial charge on any atom is -0.384 e. The van der Waals surface area contributed by atoms with E-state index in [-0.39, 0.29) is 0 Å². The molecule has 2 aliphatic heterocycles. The molecule has 2 saturated heterocycles. The van der Waals surface area contributed by atoms with Crippen molar-refractivity contribution in [2.45, 2.75) is 39.2 Å². The van der Waals surface area contributed by atoms with Gasteiger partial charge in [0.25, 0.3) is 0 Å². The number of aromatic nitrogens is 1. The number of hydrogen-bond acceptors (Lipinski definition) is 5. The van der Waals surface area contributed by atoms with Crippen LogP contribution in [-0.2, 0) is 17.7 Å². The first kappa shape index (κ1) is 20.6. The minimum absolute atomic E-state index is 0.635. The smallest absolute Gasteiger partial charge is 0.193 e. The summed E-state index contributed by atoms with van der Waals surface area (Å²) in [5.41, 5.74) is 1.24. The lowest BCUT2D eigenvalue weighted by molar-refractivity contribution is 0.157. The van der Waals surface area contributed by atoms with Crippen LogP contribution in [0.15, 0.2) is 10.4 Å². The maximum absolute atomic E-state index is 5.31. The highest BCUT2D eigenvalue weighted by atomic mass is 32.1. The van der Waals surface area contributed by atoms with Gasteiger partial charge in [-0.1, -0.05) is 6.92 Å². The topological polar surface area (TPSA) is 53.0 Å². The third-order valence-electron chi connectivity index (χ3n) is 5.74. The number of nitrogens with zero attached hydrogens (tertiary/aromatic N) is 4. The van der Waals surface area contributed by atoms with Crippen LogP contribution in [0.5, 0.6) is 0 Å². The van der Waals surface area contributed by atoms with Gasteiger partial charge in [0.05, 0.1) is 17.3 Å². The molecule has 1 atom stereocenters. The van der Waals surface area contributed by atoms with Gasteiger partial charge >= 0.3 is 0 Å². The lowest BCUT2D eigenvalue weighted by Gasteiger charge is -2.32. The van der Waals surface area contributed by atoms with Crippen molar-refractivity contribution in [3.8, 4) is 0 Å². The number of aryl methyl sites for hydroxylation is 1. The number of guanidine groups is 1. The number of rotatable bonds is 7. The standard InChI is InChI=1S/C20H35N5OS/c1-4-19-23-18(15-27-19)13-24-8-5-16(6-9-24)11-22-20(21-2)25-10-7-17(12-25)14-26-3/h15-17H,4-14H2,1-3H3,(H,21,22). The molecule has 3 heterocycles. The van der Waals surface area contributed by atoms with Crippen molar-refractivity contribution in [2.24, 2.45) is 16.8 Å². The quantitative estimate of drug-likeness (QED) is 0.570. The maximum atomic E-state index is 5.31. The van der Waals surface area contributed by atoms with Gasteiger partial charge in [0.2, 0.25) is 0 Å². The van der Waals surface area contributed by atoms with Crippen LogP contribution in [0.4, 0.5) is 0 Å². The van der Waals surface area contributed by atoms with E-state index in [0.717, 1.165) is 51.1 Å². The van der Waals surface area contributed by atoms with E-state index in [1.165, 1.54) is 43.1 Å². The van der Waals surface area contributed by atoms with Crippen molar-refractivity contribution < 1.29 is 4.74 Å². The normalized spacial score (nSPS) is 22.6. The van der Waals surface area contributed by atoms with Gasteiger partial charge in [-0.3, -0.25) is 9.89 Å². The second-order valence-electron chi connectivity index (χ2n) is 7.79. The molecule has 1 aromatic rings. The van der Waals surface area contributed by atoms with Crippen LogP contribution < -0.4 is 5.32 Å². The molecule has 0 amide bonds. The summed E-state index contributed by atoms with van der Waals surface area (Å²) in [4.78, 5) is 14.1. The summed E-state index contributed by atoms with van der Waals surface area (Å²) in [6.07, 6.45) is 4.74. The summed E-state index contributed by atoms with van der Waals surface area (Å²) in [6.45, 7) is 9.54. The molecule has 1 aromatic heterocycles. The minimum atomic E-state index is 0.635. The Morgan fingerprint density at radius 2 is 2.07 bits per heavy atom. The highest BCUT2D eigenvalue weighted by Crippen LogP contribution is 2.20. The Labute approximate surface area is 168 Å². The van der Waals surface area contributed by atoms with Crippen LogP contribution in [0.25, 0.3) is 0 Å². The molecule has 0 spiro atoms. The number of hydrogen-bond donors (Lipinski definition) is 1. The largest absolute Gasteiger partial charge is 0.384 e. The fraction of sp³-hybridized carbons (Fsp3) is 0.800. The molecule has 2 fully saturated rings. The Bertz CT molecular complexity index is 597. The number of thiazole rings is 1. The molecule has 0 aromatic carbocycles. The van der Waals surface area contributed by atoms with Gasteiger partial charge in [0.1, 0.15) is 0 Å². The number of ether oxygens (including phenoxy) is 1. The first-order chi connectivity index (χ1) is 13.2. The Morgan fingerprint density at radius 3 is 2.74 bits per heavy atom. The van der Waals surface area contributed by atoms with Crippen LogP contribution in [-0.4, -0.2) is 74.2 Å². The predicted molar refractivity (Wildman–Crippen MR) is 112 cm³/mol. The van der Waals surface area contributed by atoms with E-state index in [0.29, 0.717) is 5.92 Å². The molecule has 1 unspecified atom stereocenters. The van der Waals surface area contributed by atoms with E-state index in [4.69, 9.17) is 9.72 Å². The SMILES string of the molecule is CCc1nc(CN2CCC(CNC(=NC)N3CCC(COC)C3)CC2)cs1. The second kappa shape index (κ2) is 10.4. The van der Waals surface area contributed by atoms with E-state index in [9.17, 15) is 0 Å². The molecule has 2 aliphatic rings. The van der Waals surface area contributed by atoms with Crippen molar-refractivity contribution in [3.63, 3.8) is 0 Å². The highest BCUT2D eigenvalue weighted by molar-refractivity contribution is 7.09. The molecule has 0 aliphatic carbocycles. The van der Waals surface area contributed by atoms with Crippen LogP contribution in [0.2, 0.25) is 0 Å². The summed E-state index contributed by atoms with van der Waals surface area (Å²) < 4.78 is 5.31. The summed E-state index contributed by atoms with van der Waals surface area (Å²) in [6, 6.07) is 0.